The molecule has 3 aromatic heterocycles. The van der Waals surface area contributed by atoms with Crippen molar-refractivity contribution in [1.29, 1.82) is 0 Å². The van der Waals surface area contributed by atoms with Gasteiger partial charge in [-0.05, 0) is 45.0 Å². The van der Waals surface area contributed by atoms with Crippen LogP contribution in [0, 0.1) is 6.92 Å². The number of nitrogens with zero attached hydrogens (tertiary/aromatic N) is 4. The van der Waals surface area contributed by atoms with E-state index in [4.69, 9.17) is 4.42 Å². The number of piperazine rings is 1. The van der Waals surface area contributed by atoms with Crippen LogP contribution in [0.25, 0.3) is 28.0 Å². The van der Waals surface area contributed by atoms with Crippen LogP contribution in [-0.4, -0.2) is 39.5 Å². The average Bonchev–Trinajstić information content (AvgIpc) is 3.09. The number of hydrogen-bond acceptors (Lipinski definition) is 6. The van der Waals surface area contributed by atoms with Crippen LogP contribution in [0.1, 0.15) is 19.5 Å². The van der Waals surface area contributed by atoms with Gasteiger partial charge in [0, 0.05) is 60.4 Å². The van der Waals surface area contributed by atoms with Crippen LogP contribution in [0.5, 0.6) is 0 Å². The highest BCUT2D eigenvalue weighted by Crippen LogP contribution is 2.26. The van der Waals surface area contributed by atoms with Gasteiger partial charge in [0.1, 0.15) is 5.58 Å². The van der Waals surface area contributed by atoms with E-state index in [1.165, 1.54) is 0 Å². The van der Waals surface area contributed by atoms with Crippen LogP contribution < -0.4 is 15.8 Å². The molecule has 2 atom stereocenters. The molecule has 29 heavy (non-hydrogen) atoms. The molecule has 0 bridgehead atoms. The van der Waals surface area contributed by atoms with Crippen molar-refractivity contribution in [3.8, 4) is 11.3 Å². The molecular weight excluding hydrogens is 366 g/mol. The van der Waals surface area contributed by atoms with E-state index in [2.05, 4.69) is 40.1 Å². The van der Waals surface area contributed by atoms with E-state index in [0.717, 1.165) is 29.9 Å². The fourth-order valence-electron chi connectivity index (χ4n) is 4.10. The molecule has 1 N–H and O–H groups in total. The topological polar surface area (TPSA) is 75.7 Å². The second-order valence-corrected chi connectivity index (χ2v) is 7.95. The number of fused-ring (bicyclic) bond motifs is 2. The van der Waals surface area contributed by atoms with E-state index >= 15 is 0 Å². The molecule has 1 aliphatic rings. The number of nitrogens with one attached hydrogen (secondary N) is 1. The minimum atomic E-state index is -0.392. The molecule has 0 saturated carbocycles. The average molecular weight is 389 g/mol. The van der Waals surface area contributed by atoms with Crippen molar-refractivity contribution < 1.29 is 4.42 Å². The van der Waals surface area contributed by atoms with Crippen molar-refractivity contribution in [2.75, 3.05) is 18.0 Å². The number of aromatic nitrogens is 3. The minimum absolute atomic E-state index is 0.392. The normalized spacial score (nSPS) is 19.9. The van der Waals surface area contributed by atoms with Gasteiger partial charge >= 0.3 is 5.63 Å². The molecule has 0 radical (unpaired) electrons. The molecule has 1 aliphatic heterocycles. The molecule has 0 aliphatic carbocycles. The Hall–Kier alpha value is -3.19. The Morgan fingerprint density at radius 2 is 1.90 bits per heavy atom. The lowest BCUT2D eigenvalue weighted by molar-refractivity contribution is 0.407. The van der Waals surface area contributed by atoms with Crippen molar-refractivity contribution in [3.05, 3.63) is 58.8 Å². The third-order valence-corrected chi connectivity index (χ3v) is 5.38. The molecule has 1 fully saturated rings. The first kappa shape index (κ1) is 17.9. The van der Waals surface area contributed by atoms with E-state index in [1.54, 1.807) is 6.20 Å². The summed E-state index contributed by atoms with van der Waals surface area (Å²) in [6, 6.07) is 10.6. The van der Waals surface area contributed by atoms with Gasteiger partial charge in [-0.3, -0.25) is 4.40 Å². The molecule has 7 heteroatoms. The number of rotatable bonds is 2. The second-order valence-electron chi connectivity index (χ2n) is 7.95. The van der Waals surface area contributed by atoms with E-state index in [-0.39, 0.29) is 0 Å². The summed E-state index contributed by atoms with van der Waals surface area (Å²) in [7, 11) is 0. The SMILES string of the molecule is Cc1ccn2cc(-c3cc4ccc(N5CC(C)NC(C)C5)cc4oc3=O)nc2n1. The number of imidazole rings is 1. The van der Waals surface area contributed by atoms with Crippen LogP contribution in [0.3, 0.4) is 0 Å². The Morgan fingerprint density at radius 3 is 2.69 bits per heavy atom. The van der Waals surface area contributed by atoms with Crippen LogP contribution in [-0.2, 0) is 0 Å². The number of aryl methyl sites for hydroxylation is 1. The first-order valence-corrected chi connectivity index (χ1v) is 9.88. The first-order chi connectivity index (χ1) is 14.0. The molecule has 5 rings (SSSR count). The Morgan fingerprint density at radius 1 is 1.10 bits per heavy atom. The lowest BCUT2D eigenvalue weighted by atomic mass is 10.1. The number of anilines is 1. The summed E-state index contributed by atoms with van der Waals surface area (Å²) in [6.07, 6.45) is 3.69. The third kappa shape index (κ3) is 3.27. The lowest BCUT2D eigenvalue weighted by Gasteiger charge is -2.37. The predicted octanol–water partition coefficient (Wildman–Crippen LogP) is 3.00. The lowest BCUT2D eigenvalue weighted by Crippen LogP contribution is -2.54. The maximum Gasteiger partial charge on any atom is 0.345 e. The first-order valence-electron chi connectivity index (χ1n) is 9.88. The van der Waals surface area contributed by atoms with E-state index in [9.17, 15) is 4.79 Å². The smallest absolute Gasteiger partial charge is 0.345 e. The van der Waals surface area contributed by atoms with Gasteiger partial charge < -0.3 is 14.6 Å². The van der Waals surface area contributed by atoms with Crippen LogP contribution in [0.15, 0.2) is 51.9 Å². The maximum atomic E-state index is 12.7. The summed E-state index contributed by atoms with van der Waals surface area (Å²) >= 11 is 0. The zero-order valence-corrected chi connectivity index (χ0v) is 16.7. The molecule has 1 saturated heterocycles. The quantitative estimate of drug-likeness (QED) is 0.531. The van der Waals surface area contributed by atoms with Gasteiger partial charge in [0.25, 0.3) is 0 Å². The molecule has 1 aromatic carbocycles. The minimum Gasteiger partial charge on any atom is -0.422 e. The zero-order valence-electron chi connectivity index (χ0n) is 16.7. The number of hydrogen-bond donors (Lipinski definition) is 1. The van der Waals surface area contributed by atoms with Gasteiger partial charge in [-0.1, -0.05) is 0 Å². The summed E-state index contributed by atoms with van der Waals surface area (Å²) in [5.41, 5.74) is 3.15. The Bertz CT molecular complexity index is 1270. The summed E-state index contributed by atoms with van der Waals surface area (Å²) in [5, 5.41) is 4.41. The second kappa shape index (κ2) is 6.70. The largest absolute Gasteiger partial charge is 0.422 e. The molecular formula is C22H23N5O2. The standard InChI is InChI=1S/C22H23N5O2/c1-13-6-7-26-12-19(25-22(26)24-13)18-8-16-4-5-17(9-20(16)29-21(18)28)27-10-14(2)23-15(3)11-27/h4-9,12,14-15,23H,10-11H2,1-3H3. The molecule has 148 valence electrons. The Labute approximate surface area is 168 Å². The fraction of sp³-hybridized carbons (Fsp3) is 0.318. The highest BCUT2D eigenvalue weighted by Gasteiger charge is 2.21. The highest BCUT2D eigenvalue weighted by molar-refractivity contribution is 5.84. The highest BCUT2D eigenvalue weighted by atomic mass is 16.4. The zero-order chi connectivity index (χ0) is 20.1. The predicted molar refractivity (Wildman–Crippen MR) is 113 cm³/mol. The van der Waals surface area contributed by atoms with Crippen molar-refractivity contribution in [2.24, 2.45) is 0 Å². The molecule has 0 amide bonds. The van der Waals surface area contributed by atoms with Crippen molar-refractivity contribution in [1.82, 2.24) is 19.7 Å². The summed E-state index contributed by atoms with van der Waals surface area (Å²) in [6.45, 7) is 8.12. The fourth-order valence-corrected chi connectivity index (χ4v) is 4.10. The van der Waals surface area contributed by atoms with E-state index in [1.807, 2.05) is 41.8 Å². The van der Waals surface area contributed by atoms with Gasteiger partial charge in [0.2, 0.25) is 5.78 Å². The van der Waals surface area contributed by atoms with Gasteiger partial charge in [-0.15, -0.1) is 0 Å². The third-order valence-electron chi connectivity index (χ3n) is 5.38. The van der Waals surface area contributed by atoms with Gasteiger partial charge in [0.15, 0.2) is 0 Å². The van der Waals surface area contributed by atoms with E-state index < -0.39 is 5.63 Å². The molecule has 7 nitrogen and oxygen atoms in total. The molecule has 4 aromatic rings. The van der Waals surface area contributed by atoms with Gasteiger partial charge in [-0.25, -0.2) is 14.8 Å². The summed E-state index contributed by atoms with van der Waals surface area (Å²) in [5.74, 6) is 0.566. The van der Waals surface area contributed by atoms with Gasteiger partial charge in [-0.2, -0.15) is 0 Å². The van der Waals surface area contributed by atoms with Crippen molar-refractivity contribution in [2.45, 2.75) is 32.9 Å². The monoisotopic (exact) mass is 389 g/mol. The van der Waals surface area contributed by atoms with Crippen LogP contribution in [0.2, 0.25) is 0 Å². The van der Waals surface area contributed by atoms with Crippen molar-refractivity contribution in [3.63, 3.8) is 0 Å². The number of benzene rings is 1. The summed E-state index contributed by atoms with van der Waals surface area (Å²) < 4.78 is 7.49. The Balaban J connectivity index is 1.55. The van der Waals surface area contributed by atoms with Crippen molar-refractivity contribution >= 4 is 22.4 Å². The van der Waals surface area contributed by atoms with E-state index in [0.29, 0.717) is 34.7 Å². The van der Waals surface area contributed by atoms with Crippen LogP contribution >= 0.6 is 0 Å². The van der Waals surface area contributed by atoms with Gasteiger partial charge in [0.05, 0.1) is 11.3 Å². The Kier molecular flexibility index (Phi) is 4.13. The molecule has 4 heterocycles. The molecule has 2 unspecified atom stereocenters. The van der Waals surface area contributed by atoms with Crippen LogP contribution in [0.4, 0.5) is 5.69 Å². The summed E-state index contributed by atoms with van der Waals surface area (Å²) in [4.78, 5) is 23.9. The molecule has 0 spiro atoms. The maximum absolute atomic E-state index is 12.7.